The van der Waals surface area contributed by atoms with Crippen LogP contribution in [0.2, 0.25) is 0 Å². The molecule has 0 saturated carbocycles. The van der Waals surface area contributed by atoms with E-state index in [0.717, 1.165) is 32.5 Å². The highest BCUT2D eigenvalue weighted by Gasteiger charge is 2.44. The molecule has 2 heterocycles. The molecular formula is C19H28N2O3. The van der Waals surface area contributed by atoms with Crippen LogP contribution in [0.1, 0.15) is 32.3 Å². The van der Waals surface area contributed by atoms with Gasteiger partial charge in [0.15, 0.2) is 0 Å². The average Bonchev–Trinajstić information content (AvgIpc) is 2.55. The van der Waals surface area contributed by atoms with Gasteiger partial charge >= 0.3 is 6.09 Å². The van der Waals surface area contributed by atoms with Gasteiger partial charge in [-0.05, 0) is 24.3 Å². The van der Waals surface area contributed by atoms with Crippen LogP contribution < -0.4 is 0 Å². The van der Waals surface area contributed by atoms with E-state index in [9.17, 15) is 9.90 Å². The van der Waals surface area contributed by atoms with Crippen molar-refractivity contribution in [2.24, 2.45) is 5.92 Å². The number of likely N-dealkylation sites (tertiary alicyclic amines) is 1. The fourth-order valence-electron chi connectivity index (χ4n) is 3.81. The van der Waals surface area contributed by atoms with Crippen LogP contribution >= 0.6 is 0 Å². The van der Waals surface area contributed by atoms with Gasteiger partial charge in [-0.25, -0.2) is 4.79 Å². The van der Waals surface area contributed by atoms with E-state index in [1.165, 1.54) is 10.5 Å². The molecule has 2 fully saturated rings. The van der Waals surface area contributed by atoms with Crippen LogP contribution in [-0.2, 0) is 11.3 Å². The van der Waals surface area contributed by atoms with Crippen LogP contribution in [0, 0.1) is 5.92 Å². The molecule has 5 heteroatoms. The summed E-state index contributed by atoms with van der Waals surface area (Å²) in [6.07, 6.45) is 0.961. The third kappa shape index (κ3) is 3.90. The summed E-state index contributed by atoms with van der Waals surface area (Å²) in [5, 5.41) is 9.19. The third-order valence-corrected chi connectivity index (χ3v) is 5.29. The molecular weight excluding hydrogens is 304 g/mol. The monoisotopic (exact) mass is 332 g/mol. The van der Waals surface area contributed by atoms with Crippen molar-refractivity contribution in [3.8, 4) is 0 Å². The zero-order valence-electron chi connectivity index (χ0n) is 14.6. The van der Waals surface area contributed by atoms with Crippen molar-refractivity contribution in [1.29, 1.82) is 0 Å². The minimum atomic E-state index is -0.817. The minimum Gasteiger partial charge on any atom is -0.465 e. The molecule has 1 atom stereocenters. The number of rotatable bonds is 3. The predicted molar refractivity (Wildman–Crippen MR) is 93.0 cm³/mol. The Morgan fingerprint density at radius 1 is 1.29 bits per heavy atom. The lowest BCUT2D eigenvalue weighted by molar-refractivity contribution is -0.187. The van der Waals surface area contributed by atoms with Crippen LogP contribution in [0.3, 0.4) is 0 Å². The van der Waals surface area contributed by atoms with Gasteiger partial charge in [0.25, 0.3) is 0 Å². The van der Waals surface area contributed by atoms with Gasteiger partial charge in [-0.3, -0.25) is 4.90 Å². The van der Waals surface area contributed by atoms with E-state index in [0.29, 0.717) is 19.0 Å². The normalized spacial score (nSPS) is 24.5. The molecule has 0 bridgehead atoms. The number of amides is 1. The lowest BCUT2D eigenvalue weighted by Crippen LogP contribution is -2.60. The molecule has 1 unspecified atom stereocenters. The van der Waals surface area contributed by atoms with Crippen molar-refractivity contribution in [1.82, 2.24) is 9.80 Å². The second-order valence-corrected chi connectivity index (χ2v) is 7.51. The molecule has 3 rings (SSSR count). The molecule has 2 aliphatic heterocycles. The number of carbonyl (C=O) groups is 1. The molecule has 0 radical (unpaired) electrons. The van der Waals surface area contributed by atoms with E-state index in [4.69, 9.17) is 4.74 Å². The summed E-state index contributed by atoms with van der Waals surface area (Å²) in [5.74, 6) is 0.456. The van der Waals surface area contributed by atoms with Crippen LogP contribution in [0.15, 0.2) is 30.3 Å². The Kier molecular flexibility index (Phi) is 5.11. The topological polar surface area (TPSA) is 53.0 Å². The van der Waals surface area contributed by atoms with Gasteiger partial charge in [-0.1, -0.05) is 44.2 Å². The highest BCUT2D eigenvalue weighted by Crippen LogP contribution is 2.34. The first kappa shape index (κ1) is 17.2. The van der Waals surface area contributed by atoms with Crippen molar-refractivity contribution in [2.75, 3.05) is 26.2 Å². The van der Waals surface area contributed by atoms with Crippen LogP contribution in [-0.4, -0.2) is 58.9 Å². The summed E-state index contributed by atoms with van der Waals surface area (Å²) < 4.78 is 6.51. The number of piperidine rings is 1. The van der Waals surface area contributed by atoms with E-state index < -0.39 is 6.09 Å². The smallest absolute Gasteiger partial charge is 0.407 e. The maximum Gasteiger partial charge on any atom is 0.407 e. The fourth-order valence-corrected chi connectivity index (χ4v) is 3.81. The molecule has 0 aromatic heterocycles. The lowest BCUT2D eigenvalue weighted by atomic mass is 9.87. The third-order valence-electron chi connectivity index (χ3n) is 5.29. The first-order chi connectivity index (χ1) is 11.5. The summed E-state index contributed by atoms with van der Waals surface area (Å²) in [4.78, 5) is 15.2. The quantitative estimate of drug-likeness (QED) is 0.924. The van der Waals surface area contributed by atoms with Crippen molar-refractivity contribution < 1.29 is 14.6 Å². The summed E-state index contributed by atoms with van der Waals surface area (Å²) in [7, 11) is 0. The van der Waals surface area contributed by atoms with Gasteiger partial charge in [0, 0.05) is 32.7 Å². The Bertz CT molecular complexity index is 553. The maximum absolute atomic E-state index is 11.2. The fraction of sp³-hybridized carbons (Fsp3) is 0.632. The molecule has 2 aliphatic rings. The Morgan fingerprint density at radius 2 is 1.96 bits per heavy atom. The summed E-state index contributed by atoms with van der Waals surface area (Å²) in [5.41, 5.74) is 1.12. The first-order valence-electron chi connectivity index (χ1n) is 8.89. The molecule has 1 spiro atoms. The highest BCUT2D eigenvalue weighted by atomic mass is 16.5. The number of hydrogen-bond acceptors (Lipinski definition) is 3. The molecule has 0 aliphatic carbocycles. The molecule has 24 heavy (non-hydrogen) atoms. The van der Waals surface area contributed by atoms with E-state index >= 15 is 0 Å². The number of nitrogens with zero attached hydrogens (tertiary/aromatic N) is 2. The molecule has 132 valence electrons. The molecule has 5 nitrogen and oxygen atoms in total. The average molecular weight is 332 g/mol. The molecule has 1 aromatic carbocycles. The predicted octanol–water partition coefficient (Wildman–Crippen LogP) is 3.06. The number of hydrogen-bond donors (Lipinski definition) is 1. The van der Waals surface area contributed by atoms with Crippen LogP contribution in [0.25, 0.3) is 0 Å². The molecule has 2 saturated heterocycles. The van der Waals surface area contributed by atoms with Gasteiger partial charge in [0.2, 0.25) is 0 Å². The standard InChI is InChI=1S/C19H28N2O3/c1-15(2)17-13-20(12-16-6-4-3-5-7-16)14-19(24-17)8-10-21(11-9-19)18(22)23/h3-7,15,17H,8-14H2,1-2H3,(H,22,23). The van der Waals surface area contributed by atoms with Gasteiger partial charge < -0.3 is 14.7 Å². The summed E-state index contributed by atoms with van der Waals surface area (Å²) in [6.45, 7) is 8.31. The zero-order valence-corrected chi connectivity index (χ0v) is 14.6. The minimum absolute atomic E-state index is 0.200. The second-order valence-electron chi connectivity index (χ2n) is 7.51. The zero-order chi connectivity index (χ0) is 17.2. The maximum atomic E-state index is 11.2. The van der Waals surface area contributed by atoms with E-state index in [2.05, 4.69) is 43.0 Å². The second kappa shape index (κ2) is 7.11. The number of carboxylic acid groups (broad SMARTS) is 1. The highest BCUT2D eigenvalue weighted by molar-refractivity contribution is 5.65. The van der Waals surface area contributed by atoms with E-state index in [-0.39, 0.29) is 11.7 Å². The summed E-state index contributed by atoms with van der Waals surface area (Å²) in [6, 6.07) is 10.5. The van der Waals surface area contributed by atoms with E-state index in [1.54, 1.807) is 0 Å². The van der Waals surface area contributed by atoms with Crippen LogP contribution in [0.4, 0.5) is 4.79 Å². The lowest BCUT2D eigenvalue weighted by Gasteiger charge is -2.50. The van der Waals surface area contributed by atoms with Crippen LogP contribution in [0.5, 0.6) is 0 Å². The van der Waals surface area contributed by atoms with Crippen molar-refractivity contribution >= 4 is 6.09 Å². The number of ether oxygens (including phenoxy) is 1. The number of benzene rings is 1. The van der Waals surface area contributed by atoms with Gasteiger partial charge in [-0.15, -0.1) is 0 Å². The van der Waals surface area contributed by atoms with Crippen molar-refractivity contribution in [3.05, 3.63) is 35.9 Å². The van der Waals surface area contributed by atoms with Gasteiger partial charge in [0.05, 0.1) is 11.7 Å². The van der Waals surface area contributed by atoms with Gasteiger partial charge in [-0.2, -0.15) is 0 Å². The van der Waals surface area contributed by atoms with Crippen molar-refractivity contribution in [2.45, 2.75) is 44.9 Å². The van der Waals surface area contributed by atoms with Gasteiger partial charge in [0.1, 0.15) is 0 Å². The Balaban J connectivity index is 1.71. The largest absolute Gasteiger partial charge is 0.465 e. The first-order valence-corrected chi connectivity index (χ1v) is 8.89. The SMILES string of the molecule is CC(C)C1CN(Cc2ccccc2)CC2(CCN(C(=O)O)CC2)O1. The van der Waals surface area contributed by atoms with Crippen molar-refractivity contribution in [3.63, 3.8) is 0 Å². The Hall–Kier alpha value is -1.59. The summed E-state index contributed by atoms with van der Waals surface area (Å²) >= 11 is 0. The molecule has 1 N–H and O–H groups in total. The molecule has 1 amide bonds. The van der Waals surface area contributed by atoms with E-state index in [1.807, 2.05) is 6.07 Å². The molecule has 1 aromatic rings. The Morgan fingerprint density at radius 3 is 2.54 bits per heavy atom. The Labute approximate surface area is 144 Å². The number of morpholine rings is 1.